The number of carbonyl (C=O) groups is 2. The van der Waals surface area contributed by atoms with Crippen molar-refractivity contribution in [3.05, 3.63) is 18.0 Å². The second-order valence-electron chi connectivity index (χ2n) is 4.78. The number of nitrogens with one attached hydrogen (secondary N) is 1. The number of methoxy groups -OCH3 is 1. The highest BCUT2D eigenvalue weighted by atomic mass is 16.5. The minimum atomic E-state index is -1.01. The lowest BCUT2D eigenvalue weighted by Gasteiger charge is -2.21. The predicted octanol–water partition coefficient (Wildman–Crippen LogP) is -0.196. The fraction of sp³-hybridized carbons (Fsp3) is 0.583. The summed E-state index contributed by atoms with van der Waals surface area (Å²) in [6.07, 6.45) is 3.51. The number of amides is 2. The van der Waals surface area contributed by atoms with Crippen molar-refractivity contribution < 1.29 is 19.4 Å². The van der Waals surface area contributed by atoms with Crippen LogP contribution in [0, 0.1) is 0 Å². The van der Waals surface area contributed by atoms with Crippen LogP contribution in [-0.4, -0.2) is 57.6 Å². The van der Waals surface area contributed by atoms with E-state index in [0.29, 0.717) is 13.0 Å². The Balaban J connectivity index is 1.95. The van der Waals surface area contributed by atoms with Gasteiger partial charge in [0.15, 0.2) is 0 Å². The van der Waals surface area contributed by atoms with Gasteiger partial charge in [-0.15, -0.1) is 0 Å². The molecule has 1 aromatic heterocycles. The standard InChI is InChI=1S/C12H18N4O4/c1-15-6-8(5-14-15)4-13-12(19)16-7-9(20-2)3-10(16)11(17)18/h5-6,9-10H,3-4,7H2,1-2H3,(H,13,19)(H,17,18). The van der Waals surface area contributed by atoms with Crippen LogP contribution in [0.3, 0.4) is 0 Å². The fourth-order valence-electron chi connectivity index (χ4n) is 2.27. The molecule has 0 bridgehead atoms. The van der Waals surface area contributed by atoms with Gasteiger partial charge in [-0.3, -0.25) is 4.68 Å². The van der Waals surface area contributed by atoms with Crippen LogP contribution in [0.15, 0.2) is 12.4 Å². The van der Waals surface area contributed by atoms with Gasteiger partial charge in [0.1, 0.15) is 6.04 Å². The number of aryl methyl sites for hydroxylation is 1. The van der Waals surface area contributed by atoms with Gasteiger partial charge in [-0.25, -0.2) is 9.59 Å². The Morgan fingerprint density at radius 1 is 1.60 bits per heavy atom. The molecule has 0 aromatic carbocycles. The first-order valence-electron chi connectivity index (χ1n) is 6.29. The number of likely N-dealkylation sites (tertiary alicyclic amines) is 1. The quantitative estimate of drug-likeness (QED) is 0.797. The van der Waals surface area contributed by atoms with Gasteiger partial charge in [-0.1, -0.05) is 0 Å². The van der Waals surface area contributed by atoms with Crippen LogP contribution in [0.4, 0.5) is 4.79 Å². The van der Waals surface area contributed by atoms with Crippen molar-refractivity contribution in [3.63, 3.8) is 0 Å². The van der Waals surface area contributed by atoms with Crippen molar-refractivity contribution in [2.75, 3.05) is 13.7 Å². The topological polar surface area (TPSA) is 96.7 Å². The lowest BCUT2D eigenvalue weighted by atomic mass is 10.2. The van der Waals surface area contributed by atoms with E-state index in [0.717, 1.165) is 5.56 Å². The average molecular weight is 282 g/mol. The second-order valence-corrected chi connectivity index (χ2v) is 4.78. The summed E-state index contributed by atoms with van der Waals surface area (Å²) in [4.78, 5) is 24.5. The maximum Gasteiger partial charge on any atom is 0.326 e. The van der Waals surface area contributed by atoms with Crippen LogP contribution in [0.25, 0.3) is 0 Å². The van der Waals surface area contributed by atoms with Gasteiger partial charge in [0.25, 0.3) is 0 Å². The molecule has 8 nitrogen and oxygen atoms in total. The Hall–Kier alpha value is -2.09. The van der Waals surface area contributed by atoms with Gasteiger partial charge in [0.05, 0.1) is 12.3 Å². The minimum Gasteiger partial charge on any atom is -0.480 e. The number of nitrogens with zero attached hydrogens (tertiary/aromatic N) is 3. The van der Waals surface area contributed by atoms with Crippen molar-refractivity contribution in [2.24, 2.45) is 7.05 Å². The Kier molecular flexibility index (Phi) is 4.23. The summed E-state index contributed by atoms with van der Waals surface area (Å²) < 4.78 is 6.78. The number of aromatic nitrogens is 2. The summed E-state index contributed by atoms with van der Waals surface area (Å²) in [5, 5.41) is 15.8. The molecule has 0 aliphatic carbocycles. The first-order valence-corrected chi connectivity index (χ1v) is 6.29. The van der Waals surface area contributed by atoms with Gasteiger partial charge in [0, 0.05) is 45.4 Å². The van der Waals surface area contributed by atoms with E-state index >= 15 is 0 Å². The maximum absolute atomic E-state index is 12.1. The van der Waals surface area contributed by atoms with Gasteiger partial charge in [-0.05, 0) is 0 Å². The largest absolute Gasteiger partial charge is 0.480 e. The molecule has 2 atom stereocenters. The maximum atomic E-state index is 12.1. The molecule has 1 aromatic rings. The molecular weight excluding hydrogens is 264 g/mol. The summed E-state index contributed by atoms with van der Waals surface area (Å²) >= 11 is 0. The summed E-state index contributed by atoms with van der Waals surface area (Å²) in [5.41, 5.74) is 0.857. The summed E-state index contributed by atoms with van der Waals surface area (Å²) in [6, 6.07) is -1.24. The highest BCUT2D eigenvalue weighted by Gasteiger charge is 2.39. The van der Waals surface area contributed by atoms with Crippen LogP contribution >= 0.6 is 0 Å². The SMILES string of the molecule is COC1CC(C(=O)O)N(C(=O)NCc2cnn(C)c2)C1. The number of aliphatic carboxylic acids is 1. The molecule has 0 radical (unpaired) electrons. The lowest BCUT2D eigenvalue weighted by molar-refractivity contribution is -0.141. The number of carboxylic acid groups (broad SMARTS) is 1. The molecule has 1 fully saturated rings. The first kappa shape index (κ1) is 14.3. The Morgan fingerprint density at radius 3 is 2.90 bits per heavy atom. The molecule has 8 heteroatoms. The average Bonchev–Trinajstić information content (AvgIpc) is 3.02. The third kappa shape index (κ3) is 3.08. The van der Waals surface area contributed by atoms with E-state index in [-0.39, 0.29) is 12.6 Å². The molecule has 0 spiro atoms. The number of rotatable bonds is 4. The van der Waals surface area contributed by atoms with E-state index < -0.39 is 18.0 Å². The summed E-state index contributed by atoms with van der Waals surface area (Å²) in [7, 11) is 3.30. The minimum absolute atomic E-state index is 0.236. The van der Waals surface area contributed by atoms with Crippen LogP contribution in [0.2, 0.25) is 0 Å². The Morgan fingerprint density at radius 2 is 2.35 bits per heavy atom. The zero-order chi connectivity index (χ0) is 14.7. The van der Waals surface area contributed by atoms with Crippen molar-refractivity contribution in [3.8, 4) is 0 Å². The molecular formula is C12H18N4O4. The summed E-state index contributed by atoms with van der Waals surface area (Å²) in [5.74, 6) is -1.01. The van der Waals surface area contributed by atoms with Crippen molar-refractivity contribution in [2.45, 2.75) is 25.1 Å². The van der Waals surface area contributed by atoms with Gasteiger partial charge < -0.3 is 20.1 Å². The predicted molar refractivity (Wildman–Crippen MR) is 69.0 cm³/mol. The lowest BCUT2D eigenvalue weighted by Crippen LogP contribution is -2.45. The molecule has 2 amide bonds. The molecule has 2 rings (SSSR count). The number of ether oxygens (including phenoxy) is 1. The van der Waals surface area contributed by atoms with Gasteiger partial charge >= 0.3 is 12.0 Å². The van der Waals surface area contributed by atoms with E-state index in [1.807, 2.05) is 0 Å². The second kappa shape index (κ2) is 5.91. The molecule has 2 N–H and O–H groups in total. The molecule has 2 heterocycles. The molecule has 110 valence electrons. The number of carboxylic acids is 1. The van der Waals surface area contributed by atoms with Crippen LogP contribution in [0.5, 0.6) is 0 Å². The highest BCUT2D eigenvalue weighted by molar-refractivity contribution is 5.83. The highest BCUT2D eigenvalue weighted by Crippen LogP contribution is 2.20. The van der Waals surface area contributed by atoms with Crippen LogP contribution in [0.1, 0.15) is 12.0 Å². The van der Waals surface area contributed by atoms with Crippen LogP contribution < -0.4 is 5.32 Å². The number of urea groups is 1. The van der Waals surface area contributed by atoms with Crippen molar-refractivity contribution in [1.82, 2.24) is 20.0 Å². The van der Waals surface area contributed by atoms with E-state index in [1.165, 1.54) is 12.0 Å². The molecule has 0 saturated carbocycles. The number of carbonyl (C=O) groups excluding carboxylic acids is 1. The normalized spacial score (nSPS) is 22.0. The zero-order valence-corrected chi connectivity index (χ0v) is 11.4. The molecule has 1 saturated heterocycles. The third-order valence-electron chi connectivity index (χ3n) is 3.34. The van der Waals surface area contributed by atoms with E-state index in [2.05, 4.69) is 10.4 Å². The molecule has 2 unspecified atom stereocenters. The van der Waals surface area contributed by atoms with Gasteiger partial charge in [0.2, 0.25) is 0 Å². The molecule has 20 heavy (non-hydrogen) atoms. The van der Waals surface area contributed by atoms with E-state index in [4.69, 9.17) is 9.84 Å². The van der Waals surface area contributed by atoms with Crippen molar-refractivity contribution >= 4 is 12.0 Å². The zero-order valence-electron chi connectivity index (χ0n) is 11.4. The first-order chi connectivity index (χ1) is 9.51. The smallest absolute Gasteiger partial charge is 0.326 e. The Labute approximate surface area is 116 Å². The molecule has 1 aliphatic rings. The number of hydrogen-bond acceptors (Lipinski definition) is 4. The van der Waals surface area contributed by atoms with E-state index in [1.54, 1.807) is 24.1 Å². The number of hydrogen-bond donors (Lipinski definition) is 2. The van der Waals surface area contributed by atoms with Crippen LogP contribution in [-0.2, 0) is 23.1 Å². The van der Waals surface area contributed by atoms with Gasteiger partial charge in [-0.2, -0.15) is 5.10 Å². The third-order valence-corrected chi connectivity index (χ3v) is 3.34. The van der Waals surface area contributed by atoms with E-state index in [9.17, 15) is 9.59 Å². The van der Waals surface area contributed by atoms with Crippen molar-refractivity contribution in [1.29, 1.82) is 0 Å². The Bertz CT molecular complexity index is 501. The molecule has 1 aliphatic heterocycles. The fourth-order valence-corrected chi connectivity index (χ4v) is 2.27. The summed E-state index contributed by atoms with van der Waals surface area (Å²) in [6.45, 7) is 0.597. The monoisotopic (exact) mass is 282 g/mol.